The van der Waals surface area contributed by atoms with Crippen LogP contribution >= 0.6 is 56.8 Å². The number of nitrogen functional groups attached to an aromatic ring is 1. The van der Waals surface area contributed by atoms with Gasteiger partial charge < -0.3 is 30.3 Å². The summed E-state index contributed by atoms with van der Waals surface area (Å²) >= 11 is 8.74. The first-order valence-electron chi connectivity index (χ1n) is 18.8. The maximum Gasteiger partial charge on any atom is 0.259 e. The van der Waals surface area contributed by atoms with Gasteiger partial charge in [0.25, 0.3) is 11.8 Å². The topological polar surface area (TPSA) is 157 Å². The Hall–Kier alpha value is -4.17. The van der Waals surface area contributed by atoms with Gasteiger partial charge in [0.2, 0.25) is 22.9 Å². The lowest BCUT2D eigenvalue weighted by Gasteiger charge is -2.32. The number of aromatic nitrogens is 2. The van der Waals surface area contributed by atoms with E-state index in [0.717, 1.165) is 53.2 Å². The van der Waals surface area contributed by atoms with Gasteiger partial charge in [-0.05, 0) is 155 Å². The van der Waals surface area contributed by atoms with E-state index in [-0.39, 0.29) is 46.4 Å². The van der Waals surface area contributed by atoms with Crippen molar-refractivity contribution in [3.8, 4) is 11.8 Å². The number of halogens is 5. The van der Waals surface area contributed by atoms with Crippen molar-refractivity contribution in [1.29, 1.82) is 0 Å². The van der Waals surface area contributed by atoms with E-state index in [2.05, 4.69) is 49.5 Å². The van der Waals surface area contributed by atoms with Crippen LogP contribution in [-0.4, -0.2) is 83.1 Å². The third kappa shape index (κ3) is 14.5. The van der Waals surface area contributed by atoms with Crippen LogP contribution in [0.2, 0.25) is 0 Å². The van der Waals surface area contributed by atoms with Crippen LogP contribution in [0.5, 0.6) is 11.8 Å². The number of ether oxygens (including phenoxy) is 2. The molecule has 6 rings (SSSR count). The van der Waals surface area contributed by atoms with E-state index >= 15 is 0 Å². The number of methoxy groups -OCH3 is 2. The van der Waals surface area contributed by atoms with E-state index in [9.17, 15) is 28.0 Å². The predicted octanol–water partition coefficient (Wildman–Crippen LogP) is 8.17. The Bertz CT molecular complexity index is 2080. The zero-order valence-corrected chi connectivity index (χ0v) is 38.3. The Labute approximate surface area is 375 Å². The Morgan fingerprint density at radius 2 is 1.10 bits per heavy atom. The Morgan fingerprint density at radius 3 is 1.47 bits per heavy atom. The van der Waals surface area contributed by atoms with Crippen molar-refractivity contribution < 1.29 is 37.4 Å². The summed E-state index contributed by atoms with van der Waals surface area (Å²) in [4.78, 5) is 58.5. The van der Waals surface area contributed by atoms with Crippen molar-refractivity contribution in [2.24, 2.45) is 11.8 Å². The molecule has 0 saturated carbocycles. The second-order valence-corrected chi connectivity index (χ2v) is 16.9. The highest BCUT2D eigenvalue weighted by molar-refractivity contribution is 14.1. The molecular weight excluding hydrogens is 1010 g/mol. The summed E-state index contributed by atoms with van der Waals surface area (Å²) in [6, 6.07) is 16.7. The molecule has 2 aromatic heterocycles. The Morgan fingerprint density at radius 1 is 0.729 bits per heavy atom. The van der Waals surface area contributed by atoms with E-state index in [1.807, 2.05) is 56.7 Å². The molecule has 2 fully saturated rings. The number of hydrogen-bond acceptors (Lipinski definition) is 9. The average molecular weight is 1060 g/mol. The first kappa shape index (κ1) is 47.5. The highest BCUT2D eigenvalue weighted by atomic mass is 127. The van der Waals surface area contributed by atoms with Gasteiger partial charge in [0.1, 0.15) is 34.4 Å². The molecule has 2 aromatic carbocycles. The number of nitrogens with two attached hydrogens (primary N) is 1. The number of anilines is 2. The number of carbonyl (C=O) groups is 4. The molecule has 12 nitrogen and oxygen atoms in total. The lowest BCUT2D eigenvalue weighted by molar-refractivity contribution is -0.114. The molecule has 0 unspecified atom stereocenters. The minimum atomic E-state index is -0.361. The maximum atomic E-state index is 13.1. The summed E-state index contributed by atoms with van der Waals surface area (Å²) in [5.74, 6) is 1.29. The molecule has 0 spiro atoms. The van der Waals surface area contributed by atoms with Crippen LogP contribution in [0.1, 0.15) is 71.4 Å². The van der Waals surface area contributed by atoms with Crippen LogP contribution in [0.15, 0.2) is 60.7 Å². The third-order valence-corrected chi connectivity index (χ3v) is 11.4. The summed E-state index contributed by atoms with van der Waals surface area (Å²) < 4.78 is 38.0. The van der Waals surface area contributed by atoms with Crippen molar-refractivity contribution in [3.63, 3.8) is 0 Å². The number of likely N-dealkylation sites (tertiary alicyclic amines) is 2. The van der Waals surface area contributed by atoms with Crippen LogP contribution in [-0.2, 0) is 22.4 Å². The van der Waals surface area contributed by atoms with Gasteiger partial charge in [-0.15, -0.1) is 0 Å². The Balaban J connectivity index is 0.000000240. The van der Waals surface area contributed by atoms with E-state index < -0.39 is 0 Å². The van der Waals surface area contributed by atoms with Gasteiger partial charge in [0.15, 0.2) is 0 Å². The van der Waals surface area contributed by atoms with Crippen molar-refractivity contribution >= 4 is 91.4 Å². The quantitative estimate of drug-likeness (QED) is 0.125. The summed E-state index contributed by atoms with van der Waals surface area (Å²) in [6.45, 7) is 5.38. The van der Waals surface area contributed by atoms with Crippen molar-refractivity contribution in [2.45, 2.75) is 52.4 Å². The van der Waals surface area contributed by atoms with Gasteiger partial charge in [0, 0.05) is 40.0 Å². The molecule has 4 heterocycles. The average Bonchev–Trinajstić information content (AvgIpc) is 3.21. The number of nitrogens with zero attached hydrogens (tertiary/aromatic N) is 4. The number of amides is 3. The zero-order chi connectivity index (χ0) is 43.2. The van der Waals surface area contributed by atoms with Crippen LogP contribution in [0, 0.1) is 30.6 Å². The standard InChI is InChI=1S/C21H23FIN3O3.C19H21FIN3O2.C2H3ClO/c1-13(27)24-19-18(23)12-17(20(25-19)29-2)21(28)26-9-7-15(8-10-26)11-14-3-5-16(22)6-4-14;1-26-18-15(11-16(21)17(22)23-18)19(25)24-8-6-13(7-9-24)10-12-2-4-14(20)5-3-12;1-2(3)4/h3-6,12,15H,7-11H2,1-2H3,(H,24,25,27);2-5,11,13H,6-10H2,1H3,(H2,22,23);1H3. The smallest absolute Gasteiger partial charge is 0.259 e. The molecule has 2 saturated heterocycles. The van der Waals surface area contributed by atoms with Crippen molar-refractivity contribution in [3.05, 3.63) is 102 Å². The molecular formula is C42H47ClF2I2N6O6. The fraction of sp³-hybridized carbons (Fsp3) is 0.381. The van der Waals surface area contributed by atoms with Crippen molar-refractivity contribution in [2.75, 3.05) is 51.4 Å². The first-order valence-corrected chi connectivity index (χ1v) is 21.4. The summed E-state index contributed by atoms with van der Waals surface area (Å²) in [5.41, 5.74) is 8.89. The van der Waals surface area contributed by atoms with E-state index in [1.165, 1.54) is 52.3 Å². The van der Waals surface area contributed by atoms with Gasteiger partial charge in [-0.2, -0.15) is 9.97 Å². The minimum absolute atomic E-state index is 0.0764. The maximum absolute atomic E-state index is 13.1. The number of rotatable bonds is 9. The number of piperidine rings is 2. The molecule has 316 valence electrons. The molecule has 59 heavy (non-hydrogen) atoms. The second-order valence-electron chi connectivity index (χ2n) is 14.1. The SMILES string of the molecule is CC(=O)Cl.COc1nc(N)c(I)cc1C(=O)N1CCC(Cc2ccc(F)cc2)CC1.COc1nc(NC(C)=O)c(I)cc1C(=O)N1CCC(Cc2ccc(F)cc2)CC1. The summed E-state index contributed by atoms with van der Waals surface area (Å²) in [5, 5.41) is 2.28. The van der Waals surface area contributed by atoms with Crippen LogP contribution in [0.3, 0.4) is 0 Å². The van der Waals surface area contributed by atoms with E-state index in [4.69, 9.17) is 15.2 Å². The number of hydrogen-bond donors (Lipinski definition) is 2. The van der Waals surface area contributed by atoms with Crippen molar-refractivity contribution in [1.82, 2.24) is 19.8 Å². The predicted molar refractivity (Wildman–Crippen MR) is 240 cm³/mol. The lowest BCUT2D eigenvalue weighted by Crippen LogP contribution is -2.39. The highest BCUT2D eigenvalue weighted by Gasteiger charge is 2.29. The number of nitrogens with one attached hydrogen (secondary N) is 1. The summed E-state index contributed by atoms with van der Waals surface area (Å²) in [7, 11) is 2.94. The number of pyridine rings is 2. The van der Waals surface area contributed by atoms with Gasteiger partial charge >= 0.3 is 0 Å². The van der Waals surface area contributed by atoms with Gasteiger partial charge in [-0.3, -0.25) is 19.2 Å². The number of carbonyl (C=O) groups excluding carboxylic acids is 4. The molecule has 17 heteroatoms. The minimum Gasteiger partial charge on any atom is -0.480 e. The normalized spacial score (nSPS) is 14.3. The molecule has 2 aliphatic heterocycles. The van der Waals surface area contributed by atoms with Gasteiger partial charge in [-0.1, -0.05) is 24.3 Å². The van der Waals surface area contributed by atoms with E-state index in [0.29, 0.717) is 64.3 Å². The molecule has 0 bridgehead atoms. The van der Waals surface area contributed by atoms with Crippen LogP contribution in [0.25, 0.3) is 0 Å². The van der Waals surface area contributed by atoms with Crippen LogP contribution < -0.4 is 20.5 Å². The fourth-order valence-electron chi connectivity index (χ4n) is 6.76. The lowest BCUT2D eigenvalue weighted by atomic mass is 9.90. The molecule has 3 N–H and O–H groups in total. The first-order chi connectivity index (χ1) is 28.1. The van der Waals surface area contributed by atoms with Gasteiger partial charge in [-0.25, -0.2) is 8.78 Å². The highest BCUT2D eigenvalue weighted by Crippen LogP contribution is 2.30. The molecule has 2 aliphatic rings. The summed E-state index contributed by atoms with van der Waals surface area (Å²) in [6.07, 6.45) is 5.42. The molecule has 0 atom stereocenters. The zero-order valence-electron chi connectivity index (χ0n) is 33.2. The molecule has 0 radical (unpaired) electrons. The molecule has 0 aliphatic carbocycles. The van der Waals surface area contributed by atoms with Gasteiger partial charge in [0.05, 0.1) is 21.4 Å². The molecule has 3 amide bonds. The van der Waals surface area contributed by atoms with Crippen LogP contribution in [0.4, 0.5) is 20.4 Å². The third-order valence-electron chi connectivity index (χ3n) is 9.73. The second kappa shape index (κ2) is 23.0. The molecule has 4 aromatic rings. The fourth-order valence-corrected chi connectivity index (χ4v) is 7.76. The number of benzene rings is 2. The largest absolute Gasteiger partial charge is 0.480 e. The Kier molecular flexibility index (Phi) is 18.5. The monoisotopic (exact) mass is 1060 g/mol. The van der Waals surface area contributed by atoms with E-state index in [1.54, 1.807) is 12.1 Å².